The number of hydrogen-bond acceptors (Lipinski definition) is 4. The lowest BCUT2D eigenvalue weighted by atomic mass is 10.3. The molecule has 5 heteroatoms. The number of anilines is 1. The zero-order valence-electron chi connectivity index (χ0n) is 8.21. The molecule has 1 aromatic rings. The topological polar surface area (TPSA) is 47.9 Å². The molecule has 0 saturated carbocycles. The van der Waals surface area contributed by atoms with Crippen molar-refractivity contribution in [2.75, 3.05) is 12.4 Å². The molecule has 0 spiro atoms. The minimum Gasteiger partial charge on any atom is -0.373 e. The van der Waals surface area contributed by atoms with Crippen LogP contribution in [0, 0.1) is 5.41 Å². The average Bonchev–Trinajstić information content (AvgIpc) is 2.27. The molecule has 0 bridgehead atoms. The lowest BCUT2D eigenvalue weighted by Gasteiger charge is -2.12. The molecule has 15 heavy (non-hydrogen) atoms. The summed E-state index contributed by atoms with van der Waals surface area (Å²) in [6.45, 7) is 0. The van der Waals surface area contributed by atoms with Crippen LogP contribution in [0.1, 0.15) is 0 Å². The molecule has 0 amide bonds. The highest BCUT2D eigenvalue weighted by atomic mass is 35.5. The first kappa shape index (κ1) is 11.9. The number of benzene rings is 1. The number of hydrogen-bond donors (Lipinski definition) is 4. The van der Waals surface area contributed by atoms with Crippen LogP contribution in [0.2, 0.25) is 0 Å². The van der Waals surface area contributed by atoms with Crippen molar-refractivity contribution in [3.8, 4) is 0 Å². The standard InChI is InChI=1S/C10H12ClN3S/c1-13-10(7(11)6-12)14-8-4-2-3-5-9(8)15/h2-6,12-15H,1H3/b10-7-,12-6?. The van der Waals surface area contributed by atoms with Gasteiger partial charge in [-0.1, -0.05) is 23.7 Å². The summed E-state index contributed by atoms with van der Waals surface area (Å²) < 4.78 is 0. The van der Waals surface area contributed by atoms with Gasteiger partial charge in [0.2, 0.25) is 0 Å². The molecule has 0 fully saturated rings. The summed E-state index contributed by atoms with van der Waals surface area (Å²) in [5, 5.41) is 13.3. The van der Waals surface area contributed by atoms with Gasteiger partial charge in [0.25, 0.3) is 0 Å². The molecule has 1 aromatic carbocycles. The second-order valence-corrected chi connectivity index (χ2v) is 3.65. The van der Waals surface area contributed by atoms with Gasteiger partial charge in [-0.05, 0) is 12.1 Å². The fraction of sp³-hybridized carbons (Fsp3) is 0.100. The normalized spacial score (nSPS) is 11.7. The van der Waals surface area contributed by atoms with Crippen LogP contribution in [-0.2, 0) is 0 Å². The van der Waals surface area contributed by atoms with Crippen molar-refractivity contribution >= 4 is 36.1 Å². The second kappa shape index (κ2) is 5.68. The van der Waals surface area contributed by atoms with Crippen LogP contribution in [0.5, 0.6) is 0 Å². The minimum absolute atomic E-state index is 0.314. The van der Waals surface area contributed by atoms with E-state index in [0.29, 0.717) is 10.9 Å². The van der Waals surface area contributed by atoms with Gasteiger partial charge in [0.05, 0.1) is 10.7 Å². The van der Waals surface area contributed by atoms with Crippen molar-refractivity contribution in [3.63, 3.8) is 0 Å². The number of para-hydroxylation sites is 1. The molecule has 0 aromatic heterocycles. The van der Waals surface area contributed by atoms with E-state index < -0.39 is 0 Å². The average molecular weight is 242 g/mol. The van der Waals surface area contributed by atoms with Crippen molar-refractivity contribution in [1.82, 2.24) is 5.32 Å². The summed E-state index contributed by atoms with van der Waals surface area (Å²) >= 11 is 10.1. The molecule has 0 heterocycles. The van der Waals surface area contributed by atoms with Crippen LogP contribution in [0.4, 0.5) is 5.69 Å². The molecular weight excluding hydrogens is 230 g/mol. The third-order valence-electron chi connectivity index (χ3n) is 1.78. The molecule has 80 valence electrons. The van der Waals surface area contributed by atoms with Crippen molar-refractivity contribution in [1.29, 1.82) is 5.41 Å². The molecule has 0 aliphatic carbocycles. The number of thiol groups is 1. The van der Waals surface area contributed by atoms with Gasteiger partial charge in [0.1, 0.15) is 5.82 Å². The maximum Gasteiger partial charge on any atom is 0.124 e. The number of rotatable bonds is 4. The van der Waals surface area contributed by atoms with Crippen molar-refractivity contribution in [2.24, 2.45) is 0 Å². The summed E-state index contributed by atoms with van der Waals surface area (Å²) in [5.74, 6) is 0.577. The Hall–Kier alpha value is -1.13. The van der Waals surface area contributed by atoms with Gasteiger partial charge in [-0.25, -0.2) is 0 Å². The van der Waals surface area contributed by atoms with Crippen LogP contribution in [-0.4, -0.2) is 13.3 Å². The fourth-order valence-corrected chi connectivity index (χ4v) is 1.39. The third-order valence-corrected chi connectivity index (χ3v) is 2.47. The Balaban J connectivity index is 2.94. The van der Waals surface area contributed by atoms with Crippen LogP contribution < -0.4 is 10.6 Å². The van der Waals surface area contributed by atoms with Crippen molar-refractivity contribution in [2.45, 2.75) is 4.90 Å². The van der Waals surface area contributed by atoms with Gasteiger partial charge < -0.3 is 16.0 Å². The zero-order chi connectivity index (χ0) is 11.3. The molecular formula is C10H12ClN3S. The van der Waals surface area contributed by atoms with Gasteiger partial charge in [0.15, 0.2) is 0 Å². The molecule has 3 N–H and O–H groups in total. The van der Waals surface area contributed by atoms with Gasteiger partial charge in [-0.3, -0.25) is 0 Å². The lowest BCUT2D eigenvalue weighted by molar-refractivity contribution is 0.992. The van der Waals surface area contributed by atoms with Gasteiger partial charge in [-0.15, -0.1) is 12.6 Å². The highest BCUT2D eigenvalue weighted by Crippen LogP contribution is 2.20. The van der Waals surface area contributed by atoms with E-state index in [1.807, 2.05) is 24.3 Å². The summed E-state index contributed by atoms with van der Waals surface area (Å²) in [4.78, 5) is 0.819. The summed E-state index contributed by atoms with van der Waals surface area (Å²) in [6, 6.07) is 7.55. The third kappa shape index (κ3) is 3.18. The first-order valence-corrected chi connectivity index (χ1v) is 5.14. The summed E-state index contributed by atoms with van der Waals surface area (Å²) in [5.41, 5.74) is 0.838. The number of nitrogens with one attached hydrogen (secondary N) is 3. The van der Waals surface area contributed by atoms with E-state index in [1.54, 1.807) is 7.05 Å². The van der Waals surface area contributed by atoms with Crippen molar-refractivity contribution < 1.29 is 0 Å². The highest BCUT2D eigenvalue weighted by molar-refractivity contribution is 7.80. The van der Waals surface area contributed by atoms with Gasteiger partial charge >= 0.3 is 0 Å². The van der Waals surface area contributed by atoms with E-state index >= 15 is 0 Å². The van der Waals surface area contributed by atoms with Gasteiger partial charge in [0, 0.05) is 18.2 Å². The van der Waals surface area contributed by atoms with E-state index in [-0.39, 0.29) is 0 Å². The predicted octanol–water partition coefficient (Wildman–Crippen LogP) is 2.66. The summed E-state index contributed by atoms with van der Waals surface area (Å²) in [7, 11) is 1.73. The van der Waals surface area contributed by atoms with Crippen LogP contribution in [0.25, 0.3) is 0 Å². The van der Waals surface area contributed by atoms with Crippen LogP contribution in [0.3, 0.4) is 0 Å². The molecule has 1 rings (SSSR count). The second-order valence-electron chi connectivity index (χ2n) is 2.76. The molecule has 3 nitrogen and oxygen atoms in total. The van der Waals surface area contributed by atoms with E-state index in [1.165, 1.54) is 0 Å². The van der Waals surface area contributed by atoms with Crippen LogP contribution >= 0.6 is 24.2 Å². The monoisotopic (exact) mass is 241 g/mol. The molecule has 0 atom stereocenters. The maximum atomic E-state index is 7.05. The lowest BCUT2D eigenvalue weighted by Crippen LogP contribution is -2.16. The minimum atomic E-state index is 0.314. The Morgan fingerprint density at radius 1 is 1.47 bits per heavy atom. The first-order valence-electron chi connectivity index (χ1n) is 4.32. The highest BCUT2D eigenvalue weighted by Gasteiger charge is 2.02. The van der Waals surface area contributed by atoms with E-state index in [9.17, 15) is 0 Å². The Labute approximate surface area is 99.4 Å². The molecule has 0 unspecified atom stereocenters. The Bertz CT molecular complexity index is 390. The maximum absolute atomic E-state index is 7.05. The predicted molar refractivity (Wildman–Crippen MR) is 68.0 cm³/mol. The van der Waals surface area contributed by atoms with E-state index in [4.69, 9.17) is 17.0 Å². The SMILES string of the molecule is CN/C(Nc1ccccc1S)=C(/Cl)C=N. The zero-order valence-corrected chi connectivity index (χ0v) is 9.86. The molecule has 0 radical (unpaired) electrons. The van der Waals surface area contributed by atoms with E-state index in [0.717, 1.165) is 16.8 Å². The molecule has 0 aliphatic rings. The Morgan fingerprint density at radius 2 is 2.13 bits per heavy atom. The first-order chi connectivity index (χ1) is 7.19. The summed E-state index contributed by atoms with van der Waals surface area (Å²) in [6.07, 6.45) is 1.07. The number of halogens is 1. The van der Waals surface area contributed by atoms with E-state index in [2.05, 4.69) is 23.3 Å². The quantitative estimate of drug-likeness (QED) is 0.484. The molecule has 0 saturated heterocycles. The van der Waals surface area contributed by atoms with Crippen molar-refractivity contribution in [3.05, 3.63) is 35.1 Å². The smallest absolute Gasteiger partial charge is 0.124 e. The van der Waals surface area contributed by atoms with Gasteiger partial charge in [-0.2, -0.15) is 0 Å². The number of allylic oxidation sites excluding steroid dienone is 1. The Morgan fingerprint density at radius 3 is 2.67 bits per heavy atom. The largest absolute Gasteiger partial charge is 0.373 e. The fourth-order valence-electron chi connectivity index (χ4n) is 1.03. The van der Waals surface area contributed by atoms with Crippen LogP contribution in [0.15, 0.2) is 40.0 Å². The Kier molecular flexibility index (Phi) is 4.52. The molecule has 0 aliphatic heterocycles.